The molecule has 0 bridgehead atoms. The molecule has 0 aromatic heterocycles. The molecule has 0 heterocycles. The van der Waals surface area contributed by atoms with Gasteiger partial charge in [-0.1, -0.05) is 127 Å². The lowest BCUT2D eigenvalue weighted by Crippen LogP contribution is -2.30. The molecular formula is C35H33N3. The second-order valence-corrected chi connectivity index (χ2v) is 9.53. The van der Waals surface area contributed by atoms with Crippen LogP contribution in [0.1, 0.15) is 22.9 Å². The molecule has 5 aromatic rings. The summed E-state index contributed by atoms with van der Waals surface area (Å²) in [5, 5.41) is 0. The molecule has 4 N–H and O–H groups in total. The molecular weight excluding hydrogens is 462 g/mol. The molecule has 0 aliphatic carbocycles. The monoisotopic (exact) mass is 495 g/mol. The largest absolute Gasteiger partial charge is 0.399 e. The van der Waals surface area contributed by atoms with E-state index in [2.05, 4.69) is 109 Å². The van der Waals surface area contributed by atoms with Gasteiger partial charge in [0.25, 0.3) is 0 Å². The predicted molar refractivity (Wildman–Crippen MR) is 161 cm³/mol. The number of anilines is 1. The van der Waals surface area contributed by atoms with Crippen molar-refractivity contribution in [1.29, 1.82) is 0 Å². The van der Waals surface area contributed by atoms with Crippen LogP contribution in [-0.4, -0.2) is 11.9 Å². The van der Waals surface area contributed by atoms with Crippen molar-refractivity contribution in [3.63, 3.8) is 0 Å². The summed E-state index contributed by atoms with van der Waals surface area (Å²) in [6, 6.07) is 46.1. The summed E-state index contributed by atoms with van der Waals surface area (Å²) in [5.74, 6) is 0. The summed E-state index contributed by atoms with van der Waals surface area (Å²) in [7, 11) is 2.07. The first-order valence-electron chi connectivity index (χ1n) is 12.9. The zero-order chi connectivity index (χ0) is 26.3. The van der Waals surface area contributed by atoms with Crippen molar-refractivity contribution in [2.24, 2.45) is 5.73 Å². The fraction of sp³-hybridized carbons (Fsp3) is 0.0857. The first-order chi connectivity index (χ1) is 18.6. The van der Waals surface area contributed by atoms with Crippen molar-refractivity contribution >= 4 is 11.4 Å². The predicted octanol–water partition coefficient (Wildman–Crippen LogP) is 7.78. The zero-order valence-electron chi connectivity index (χ0n) is 21.7. The third-order valence-corrected chi connectivity index (χ3v) is 6.90. The van der Waals surface area contributed by atoms with Crippen LogP contribution >= 0.6 is 0 Å². The Morgan fingerprint density at radius 1 is 0.658 bits per heavy atom. The summed E-state index contributed by atoms with van der Waals surface area (Å²) in [5.41, 5.74) is 22.8. The Bertz CT molecular complexity index is 1510. The first kappa shape index (κ1) is 25.1. The van der Waals surface area contributed by atoms with Gasteiger partial charge in [0, 0.05) is 18.4 Å². The fourth-order valence-electron chi connectivity index (χ4n) is 4.76. The molecule has 5 aromatic carbocycles. The molecule has 1 unspecified atom stereocenters. The highest BCUT2D eigenvalue weighted by Gasteiger charge is 2.16. The SMILES string of the molecule is CN(/C(=C\Cc1cccc(-c2cccc(N)c2)c1)c1ccc(-c2ccccc2)cc1)C(N)c1ccccc1. The molecule has 1 atom stereocenters. The maximum Gasteiger partial charge on any atom is 0.103 e. The van der Waals surface area contributed by atoms with Gasteiger partial charge >= 0.3 is 0 Å². The Morgan fingerprint density at radius 2 is 1.24 bits per heavy atom. The minimum atomic E-state index is -0.269. The number of benzene rings is 5. The Kier molecular flexibility index (Phi) is 7.67. The summed E-state index contributed by atoms with van der Waals surface area (Å²) in [6.45, 7) is 0. The molecule has 0 radical (unpaired) electrons. The molecule has 0 aliphatic rings. The molecule has 38 heavy (non-hydrogen) atoms. The number of rotatable bonds is 8. The highest BCUT2D eigenvalue weighted by atomic mass is 15.2. The minimum absolute atomic E-state index is 0.269. The van der Waals surface area contributed by atoms with Crippen molar-refractivity contribution in [2.45, 2.75) is 12.6 Å². The topological polar surface area (TPSA) is 55.3 Å². The van der Waals surface area contributed by atoms with E-state index in [0.717, 1.165) is 40.1 Å². The van der Waals surface area contributed by atoms with E-state index in [1.54, 1.807) is 0 Å². The average Bonchev–Trinajstić information content (AvgIpc) is 2.98. The second-order valence-electron chi connectivity index (χ2n) is 9.53. The van der Waals surface area contributed by atoms with Gasteiger partial charge in [0.15, 0.2) is 0 Å². The fourth-order valence-corrected chi connectivity index (χ4v) is 4.76. The quantitative estimate of drug-likeness (QED) is 0.171. The van der Waals surface area contributed by atoms with Gasteiger partial charge in [-0.15, -0.1) is 0 Å². The summed E-state index contributed by atoms with van der Waals surface area (Å²) in [4.78, 5) is 2.16. The average molecular weight is 496 g/mol. The van der Waals surface area contributed by atoms with Crippen LogP contribution in [-0.2, 0) is 6.42 Å². The lowest BCUT2D eigenvalue weighted by Gasteiger charge is -2.30. The van der Waals surface area contributed by atoms with E-state index >= 15 is 0 Å². The standard InChI is InChI=1S/C35H33N3/c1-38(35(37)30-13-6-3-7-14-30)34(29-21-19-28(20-22-29)27-11-4-2-5-12-27)23-18-26-10-8-15-31(24-26)32-16-9-17-33(36)25-32/h2-17,19-25,35H,18,36-37H2,1H3/b34-23-. The van der Waals surface area contributed by atoms with Gasteiger partial charge in [-0.25, -0.2) is 0 Å². The van der Waals surface area contributed by atoms with Crippen molar-refractivity contribution in [1.82, 2.24) is 4.90 Å². The van der Waals surface area contributed by atoms with Gasteiger partial charge in [0.1, 0.15) is 6.17 Å². The molecule has 5 rings (SSSR count). The molecule has 0 spiro atoms. The van der Waals surface area contributed by atoms with E-state index in [1.165, 1.54) is 16.7 Å². The third-order valence-electron chi connectivity index (χ3n) is 6.90. The minimum Gasteiger partial charge on any atom is -0.399 e. The van der Waals surface area contributed by atoms with Crippen molar-refractivity contribution in [3.8, 4) is 22.3 Å². The van der Waals surface area contributed by atoms with E-state index in [9.17, 15) is 0 Å². The van der Waals surface area contributed by atoms with Crippen LogP contribution < -0.4 is 11.5 Å². The van der Waals surface area contributed by atoms with Crippen LogP contribution in [0.3, 0.4) is 0 Å². The summed E-state index contributed by atoms with van der Waals surface area (Å²) < 4.78 is 0. The number of allylic oxidation sites excluding steroid dienone is 1. The van der Waals surface area contributed by atoms with E-state index in [1.807, 2.05) is 42.5 Å². The molecule has 0 amide bonds. The normalized spacial score (nSPS) is 12.2. The van der Waals surface area contributed by atoms with Crippen LogP contribution in [0, 0.1) is 0 Å². The van der Waals surface area contributed by atoms with E-state index in [-0.39, 0.29) is 6.17 Å². The molecule has 0 aliphatic heterocycles. The zero-order valence-corrected chi connectivity index (χ0v) is 21.7. The maximum absolute atomic E-state index is 6.75. The highest BCUT2D eigenvalue weighted by molar-refractivity contribution is 5.71. The van der Waals surface area contributed by atoms with Gasteiger partial charge in [-0.2, -0.15) is 0 Å². The first-order valence-corrected chi connectivity index (χ1v) is 12.9. The van der Waals surface area contributed by atoms with Crippen LogP contribution in [0.4, 0.5) is 5.69 Å². The Morgan fingerprint density at radius 3 is 1.92 bits per heavy atom. The Hall–Kier alpha value is -4.60. The molecule has 3 nitrogen and oxygen atoms in total. The van der Waals surface area contributed by atoms with E-state index < -0.39 is 0 Å². The number of hydrogen-bond acceptors (Lipinski definition) is 3. The molecule has 3 heteroatoms. The van der Waals surface area contributed by atoms with Crippen LogP contribution in [0.25, 0.3) is 28.0 Å². The number of nitrogens with two attached hydrogens (primary N) is 2. The van der Waals surface area contributed by atoms with Crippen molar-refractivity contribution in [3.05, 3.63) is 156 Å². The summed E-state index contributed by atoms with van der Waals surface area (Å²) >= 11 is 0. The molecule has 188 valence electrons. The molecule has 0 saturated carbocycles. The molecule has 0 fully saturated rings. The Balaban J connectivity index is 1.47. The van der Waals surface area contributed by atoms with Crippen LogP contribution in [0.2, 0.25) is 0 Å². The highest BCUT2D eigenvalue weighted by Crippen LogP contribution is 2.29. The van der Waals surface area contributed by atoms with E-state index in [4.69, 9.17) is 11.5 Å². The van der Waals surface area contributed by atoms with Gasteiger partial charge in [-0.05, 0) is 57.5 Å². The third kappa shape index (κ3) is 5.86. The maximum atomic E-state index is 6.75. The number of nitrogens with zero attached hydrogens (tertiary/aromatic N) is 1. The number of hydrogen-bond donors (Lipinski definition) is 2. The Labute approximate surface area is 225 Å². The van der Waals surface area contributed by atoms with Gasteiger partial charge < -0.3 is 16.4 Å². The lowest BCUT2D eigenvalue weighted by molar-refractivity contribution is 0.365. The second kappa shape index (κ2) is 11.6. The van der Waals surface area contributed by atoms with Gasteiger partial charge in [0.2, 0.25) is 0 Å². The number of nitrogen functional groups attached to an aromatic ring is 1. The molecule has 0 saturated heterocycles. The van der Waals surface area contributed by atoms with Gasteiger partial charge in [-0.3, -0.25) is 0 Å². The van der Waals surface area contributed by atoms with Crippen LogP contribution in [0.15, 0.2) is 140 Å². The van der Waals surface area contributed by atoms with Gasteiger partial charge in [0.05, 0.1) is 0 Å². The van der Waals surface area contributed by atoms with Crippen molar-refractivity contribution in [2.75, 3.05) is 12.8 Å². The van der Waals surface area contributed by atoms with E-state index in [0.29, 0.717) is 0 Å². The van der Waals surface area contributed by atoms with Crippen molar-refractivity contribution < 1.29 is 0 Å². The van der Waals surface area contributed by atoms with Crippen LogP contribution in [0.5, 0.6) is 0 Å². The summed E-state index contributed by atoms with van der Waals surface area (Å²) in [6.07, 6.45) is 2.78. The lowest BCUT2D eigenvalue weighted by atomic mass is 9.99. The smallest absolute Gasteiger partial charge is 0.103 e.